The first-order valence-corrected chi connectivity index (χ1v) is 7.16. The third kappa shape index (κ3) is 4.02. The van der Waals surface area contributed by atoms with Crippen LogP contribution in [0.2, 0.25) is 0 Å². The van der Waals surface area contributed by atoms with Gasteiger partial charge in [-0.2, -0.15) is 0 Å². The summed E-state index contributed by atoms with van der Waals surface area (Å²) in [6, 6.07) is 14.6. The van der Waals surface area contributed by atoms with Crippen LogP contribution < -0.4 is 10.1 Å². The summed E-state index contributed by atoms with van der Waals surface area (Å²) in [7, 11) is 0. The van der Waals surface area contributed by atoms with Crippen molar-refractivity contribution in [1.29, 1.82) is 0 Å². The van der Waals surface area contributed by atoms with Gasteiger partial charge in [-0.1, -0.05) is 24.3 Å². The molecule has 0 heterocycles. The number of anilines is 1. The summed E-state index contributed by atoms with van der Waals surface area (Å²) >= 11 is 0. The minimum atomic E-state index is 0.740. The Bertz CT molecular complexity index is 549. The van der Waals surface area contributed by atoms with Gasteiger partial charge in [0.15, 0.2) is 0 Å². The van der Waals surface area contributed by atoms with E-state index in [1.807, 2.05) is 18.2 Å². The Morgan fingerprint density at radius 1 is 1.00 bits per heavy atom. The number of benzene rings is 2. The van der Waals surface area contributed by atoms with E-state index in [1.54, 1.807) is 0 Å². The average molecular weight is 269 g/mol. The van der Waals surface area contributed by atoms with Gasteiger partial charge >= 0.3 is 0 Å². The van der Waals surface area contributed by atoms with E-state index in [0.29, 0.717) is 0 Å². The smallest absolute Gasteiger partial charge is 0.122 e. The molecular formula is C18H23NO. The number of nitrogens with one attached hydrogen (secondary N) is 1. The fourth-order valence-electron chi connectivity index (χ4n) is 2.19. The molecule has 2 heteroatoms. The number of hydrogen-bond donors (Lipinski definition) is 1. The number of aryl methyl sites for hydroxylation is 2. The summed E-state index contributed by atoms with van der Waals surface area (Å²) in [4.78, 5) is 0. The van der Waals surface area contributed by atoms with Gasteiger partial charge in [0.1, 0.15) is 5.75 Å². The van der Waals surface area contributed by atoms with Gasteiger partial charge in [-0.3, -0.25) is 0 Å². The molecule has 0 amide bonds. The molecule has 0 bridgehead atoms. The van der Waals surface area contributed by atoms with E-state index >= 15 is 0 Å². The molecule has 20 heavy (non-hydrogen) atoms. The molecule has 2 nitrogen and oxygen atoms in total. The molecule has 0 spiro atoms. The second-order valence-corrected chi connectivity index (χ2v) is 5.20. The largest absolute Gasteiger partial charge is 0.493 e. The molecule has 0 saturated heterocycles. The molecule has 0 atom stereocenters. The molecule has 2 aromatic rings. The monoisotopic (exact) mass is 269 g/mol. The highest BCUT2D eigenvalue weighted by atomic mass is 16.5. The molecule has 0 aromatic heterocycles. The normalized spacial score (nSPS) is 10.3. The van der Waals surface area contributed by atoms with Crippen LogP contribution >= 0.6 is 0 Å². The quantitative estimate of drug-likeness (QED) is 0.780. The average Bonchev–Trinajstić information content (AvgIpc) is 2.44. The lowest BCUT2D eigenvalue weighted by Crippen LogP contribution is -2.08. The molecule has 0 aliphatic rings. The van der Waals surface area contributed by atoms with Gasteiger partial charge in [-0.15, -0.1) is 0 Å². The third-order valence-electron chi connectivity index (χ3n) is 3.45. The summed E-state index contributed by atoms with van der Waals surface area (Å²) in [5.41, 5.74) is 4.95. The van der Waals surface area contributed by atoms with E-state index in [0.717, 1.165) is 31.0 Å². The van der Waals surface area contributed by atoms with Crippen LogP contribution in [0.15, 0.2) is 42.5 Å². The zero-order chi connectivity index (χ0) is 14.4. The maximum atomic E-state index is 5.90. The third-order valence-corrected chi connectivity index (χ3v) is 3.45. The van der Waals surface area contributed by atoms with Crippen LogP contribution in [-0.2, 0) is 0 Å². The predicted octanol–water partition coefficient (Wildman–Crippen LogP) is 4.49. The summed E-state index contributed by atoms with van der Waals surface area (Å²) in [5, 5.41) is 3.39. The van der Waals surface area contributed by atoms with Crippen molar-refractivity contribution in [2.75, 3.05) is 18.5 Å². The second kappa shape index (κ2) is 6.99. The first-order chi connectivity index (χ1) is 9.66. The number of para-hydroxylation sites is 1. The first-order valence-electron chi connectivity index (χ1n) is 7.16. The summed E-state index contributed by atoms with van der Waals surface area (Å²) in [5.74, 6) is 1.02. The Kier molecular flexibility index (Phi) is 5.05. The minimum Gasteiger partial charge on any atom is -0.493 e. The van der Waals surface area contributed by atoms with Crippen molar-refractivity contribution in [1.82, 2.24) is 0 Å². The molecule has 0 aliphatic heterocycles. The van der Waals surface area contributed by atoms with Crippen molar-refractivity contribution in [3.8, 4) is 5.75 Å². The van der Waals surface area contributed by atoms with Gasteiger partial charge in [-0.05, 0) is 62.1 Å². The summed E-state index contributed by atoms with van der Waals surface area (Å²) in [6.45, 7) is 8.02. The van der Waals surface area contributed by atoms with Crippen LogP contribution in [0.1, 0.15) is 23.1 Å². The van der Waals surface area contributed by atoms with Gasteiger partial charge < -0.3 is 10.1 Å². The van der Waals surface area contributed by atoms with Crippen LogP contribution in [-0.4, -0.2) is 13.2 Å². The molecule has 0 aliphatic carbocycles. The van der Waals surface area contributed by atoms with Gasteiger partial charge in [-0.25, -0.2) is 0 Å². The number of hydrogen-bond acceptors (Lipinski definition) is 2. The number of ether oxygens (including phenoxy) is 1. The number of rotatable bonds is 6. The second-order valence-electron chi connectivity index (χ2n) is 5.20. The molecule has 0 saturated carbocycles. The van der Waals surface area contributed by atoms with Crippen LogP contribution in [0, 0.1) is 20.8 Å². The van der Waals surface area contributed by atoms with E-state index < -0.39 is 0 Å². The molecule has 0 unspecified atom stereocenters. The van der Waals surface area contributed by atoms with Crippen molar-refractivity contribution >= 4 is 5.69 Å². The van der Waals surface area contributed by atoms with E-state index in [1.165, 1.54) is 16.7 Å². The Balaban J connectivity index is 1.76. The zero-order valence-electron chi connectivity index (χ0n) is 12.6. The SMILES string of the molecule is Cc1cc(C)c(C)c(OCCCNc2ccccc2)c1. The lowest BCUT2D eigenvalue weighted by molar-refractivity contribution is 0.312. The van der Waals surface area contributed by atoms with Crippen LogP contribution in [0.5, 0.6) is 5.75 Å². The van der Waals surface area contributed by atoms with Gasteiger partial charge in [0.05, 0.1) is 6.61 Å². The van der Waals surface area contributed by atoms with Crippen molar-refractivity contribution in [3.63, 3.8) is 0 Å². The Labute approximate surface area is 121 Å². The van der Waals surface area contributed by atoms with Crippen LogP contribution in [0.25, 0.3) is 0 Å². The van der Waals surface area contributed by atoms with E-state index in [-0.39, 0.29) is 0 Å². The molecule has 0 radical (unpaired) electrons. The predicted molar refractivity (Wildman–Crippen MR) is 85.7 cm³/mol. The fourth-order valence-corrected chi connectivity index (χ4v) is 2.19. The summed E-state index contributed by atoms with van der Waals surface area (Å²) in [6.07, 6.45) is 0.987. The fraction of sp³-hybridized carbons (Fsp3) is 0.333. The topological polar surface area (TPSA) is 21.3 Å². The van der Waals surface area contributed by atoms with Crippen LogP contribution in [0.4, 0.5) is 5.69 Å². The molecular weight excluding hydrogens is 246 g/mol. The Morgan fingerprint density at radius 3 is 2.50 bits per heavy atom. The maximum absolute atomic E-state index is 5.90. The first kappa shape index (κ1) is 14.4. The van der Waals surface area contributed by atoms with Crippen molar-refractivity contribution in [3.05, 3.63) is 59.2 Å². The highest BCUT2D eigenvalue weighted by molar-refractivity contribution is 5.43. The van der Waals surface area contributed by atoms with E-state index in [9.17, 15) is 0 Å². The van der Waals surface area contributed by atoms with Gasteiger partial charge in [0.25, 0.3) is 0 Å². The molecule has 1 N–H and O–H groups in total. The van der Waals surface area contributed by atoms with Crippen LogP contribution in [0.3, 0.4) is 0 Å². The molecule has 2 rings (SSSR count). The lowest BCUT2D eigenvalue weighted by atomic mass is 10.1. The van der Waals surface area contributed by atoms with Gasteiger partial charge in [0, 0.05) is 12.2 Å². The Hall–Kier alpha value is -1.96. The zero-order valence-corrected chi connectivity index (χ0v) is 12.6. The highest BCUT2D eigenvalue weighted by Gasteiger charge is 2.03. The highest BCUT2D eigenvalue weighted by Crippen LogP contribution is 2.23. The Morgan fingerprint density at radius 2 is 1.75 bits per heavy atom. The molecule has 2 aromatic carbocycles. The van der Waals surface area contributed by atoms with Crippen molar-refractivity contribution in [2.24, 2.45) is 0 Å². The molecule has 0 fully saturated rings. The van der Waals surface area contributed by atoms with E-state index in [2.05, 4.69) is 50.4 Å². The minimum absolute atomic E-state index is 0.740. The lowest BCUT2D eigenvalue weighted by Gasteiger charge is -2.12. The summed E-state index contributed by atoms with van der Waals surface area (Å²) < 4.78 is 5.90. The standard InChI is InChI=1S/C18H23NO/c1-14-12-15(2)16(3)18(13-14)20-11-7-10-19-17-8-5-4-6-9-17/h4-6,8-9,12-13,19H,7,10-11H2,1-3H3. The van der Waals surface area contributed by atoms with E-state index in [4.69, 9.17) is 4.74 Å². The van der Waals surface area contributed by atoms with Gasteiger partial charge in [0.2, 0.25) is 0 Å². The van der Waals surface area contributed by atoms with Crippen molar-refractivity contribution in [2.45, 2.75) is 27.2 Å². The maximum Gasteiger partial charge on any atom is 0.122 e. The van der Waals surface area contributed by atoms with Crippen molar-refractivity contribution < 1.29 is 4.74 Å². The molecule has 106 valence electrons.